The van der Waals surface area contributed by atoms with Gasteiger partial charge in [0.1, 0.15) is 17.2 Å². The number of anilines is 1. The van der Waals surface area contributed by atoms with E-state index in [-0.39, 0.29) is 12.1 Å². The van der Waals surface area contributed by atoms with Gasteiger partial charge in [0.05, 0.1) is 14.2 Å². The Bertz CT molecular complexity index is 721. The van der Waals surface area contributed by atoms with Gasteiger partial charge in [0, 0.05) is 25.7 Å². The van der Waals surface area contributed by atoms with Crippen molar-refractivity contribution in [2.45, 2.75) is 25.4 Å². The summed E-state index contributed by atoms with van der Waals surface area (Å²) in [6.07, 6.45) is 1.87. The maximum absolute atomic E-state index is 12.4. The number of rotatable bonds is 6. The van der Waals surface area contributed by atoms with Gasteiger partial charge in [-0.2, -0.15) is 0 Å². The number of hydrogen-bond donors (Lipinski definition) is 2. The molecular formula is C21H27N3O3. The minimum absolute atomic E-state index is 0.165. The molecule has 1 fully saturated rings. The monoisotopic (exact) mass is 369 g/mol. The average molecular weight is 369 g/mol. The lowest BCUT2D eigenvalue weighted by atomic mass is 10.0. The lowest BCUT2D eigenvalue weighted by molar-refractivity contribution is 0.190. The first-order chi connectivity index (χ1) is 13.2. The van der Waals surface area contributed by atoms with Crippen molar-refractivity contribution in [1.82, 2.24) is 10.2 Å². The zero-order valence-corrected chi connectivity index (χ0v) is 15.9. The highest BCUT2D eigenvalue weighted by molar-refractivity contribution is 5.93. The molecular weight excluding hydrogens is 342 g/mol. The van der Waals surface area contributed by atoms with Gasteiger partial charge in [-0.15, -0.1) is 0 Å². The number of nitrogens with zero attached hydrogens (tertiary/aromatic N) is 1. The van der Waals surface area contributed by atoms with Gasteiger partial charge >= 0.3 is 6.03 Å². The summed E-state index contributed by atoms with van der Waals surface area (Å²) in [5.74, 6) is 1.14. The Morgan fingerprint density at radius 2 is 1.63 bits per heavy atom. The Morgan fingerprint density at radius 1 is 1.00 bits per heavy atom. The van der Waals surface area contributed by atoms with E-state index in [2.05, 4.69) is 39.8 Å². The molecule has 1 aliphatic rings. The van der Waals surface area contributed by atoms with E-state index in [0.717, 1.165) is 32.5 Å². The summed E-state index contributed by atoms with van der Waals surface area (Å²) in [6.45, 7) is 2.90. The predicted molar refractivity (Wildman–Crippen MR) is 106 cm³/mol. The highest BCUT2D eigenvalue weighted by Gasteiger charge is 2.21. The second-order valence-electron chi connectivity index (χ2n) is 6.67. The fraction of sp³-hybridized carbons (Fsp3) is 0.381. The van der Waals surface area contributed by atoms with E-state index < -0.39 is 0 Å². The normalized spacial score (nSPS) is 15.2. The van der Waals surface area contributed by atoms with Crippen molar-refractivity contribution in [2.24, 2.45) is 0 Å². The number of likely N-dealkylation sites (tertiary alicyclic amines) is 1. The molecule has 3 rings (SSSR count). The molecule has 2 aromatic rings. The Labute approximate surface area is 160 Å². The molecule has 2 amide bonds. The first kappa shape index (κ1) is 19.0. The van der Waals surface area contributed by atoms with E-state index in [1.54, 1.807) is 26.4 Å². The van der Waals surface area contributed by atoms with Gasteiger partial charge in [-0.1, -0.05) is 36.4 Å². The molecule has 0 spiro atoms. The number of urea groups is 1. The summed E-state index contributed by atoms with van der Waals surface area (Å²) in [4.78, 5) is 14.9. The highest BCUT2D eigenvalue weighted by atomic mass is 16.5. The molecule has 27 heavy (non-hydrogen) atoms. The van der Waals surface area contributed by atoms with E-state index >= 15 is 0 Å². The van der Waals surface area contributed by atoms with Crippen molar-refractivity contribution in [3.63, 3.8) is 0 Å². The molecule has 1 aliphatic heterocycles. The number of piperidine rings is 1. The molecule has 0 atom stereocenters. The predicted octanol–water partition coefficient (Wildman–Crippen LogP) is 3.49. The zero-order valence-electron chi connectivity index (χ0n) is 15.9. The second-order valence-corrected chi connectivity index (χ2v) is 6.67. The van der Waals surface area contributed by atoms with Crippen LogP contribution < -0.4 is 20.1 Å². The van der Waals surface area contributed by atoms with E-state index in [4.69, 9.17) is 9.47 Å². The zero-order chi connectivity index (χ0) is 19.1. The van der Waals surface area contributed by atoms with Crippen molar-refractivity contribution in [2.75, 3.05) is 32.6 Å². The van der Waals surface area contributed by atoms with Crippen LogP contribution in [0.2, 0.25) is 0 Å². The summed E-state index contributed by atoms with van der Waals surface area (Å²) >= 11 is 0. The van der Waals surface area contributed by atoms with Crippen molar-refractivity contribution < 1.29 is 14.3 Å². The van der Waals surface area contributed by atoms with Crippen LogP contribution >= 0.6 is 0 Å². The van der Waals surface area contributed by atoms with E-state index in [9.17, 15) is 4.79 Å². The summed E-state index contributed by atoms with van der Waals surface area (Å²) in [5, 5.41) is 5.93. The van der Waals surface area contributed by atoms with Crippen molar-refractivity contribution in [1.29, 1.82) is 0 Å². The third-order valence-electron chi connectivity index (χ3n) is 4.84. The molecule has 0 aromatic heterocycles. The maximum atomic E-state index is 12.4. The topological polar surface area (TPSA) is 62.8 Å². The second kappa shape index (κ2) is 9.28. The number of para-hydroxylation sites is 1. The molecule has 0 aliphatic carbocycles. The molecule has 2 aromatic carbocycles. The summed E-state index contributed by atoms with van der Waals surface area (Å²) in [6, 6.07) is 15.8. The number of ether oxygens (including phenoxy) is 2. The van der Waals surface area contributed by atoms with E-state index in [0.29, 0.717) is 17.2 Å². The molecule has 144 valence electrons. The van der Waals surface area contributed by atoms with Gasteiger partial charge in [0.15, 0.2) is 0 Å². The molecule has 6 nitrogen and oxygen atoms in total. The molecule has 0 radical (unpaired) electrons. The number of carbonyl (C=O) groups excluding carboxylic acids is 1. The van der Waals surface area contributed by atoms with Gasteiger partial charge in [-0.25, -0.2) is 4.79 Å². The fourth-order valence-corrected chi connectivity index (χ4v) is 3.39. The minimum Gasteiger partial charge on any atom is -0.494 e. The quantitative estimate of drug-likeness (QED) is 0.818. The molecule has 0 unspecified atom stereocenters. The third kappa shape index (κ3) is 5.14. The summed E-state index contributed by atoms with van der Waals surface area (Å²) < 4.78 is 10.6. The largest absolute Gasteiger partial charge is 0.494 e. The van der Waals surface area contributed by atoms with Crippen LogP contribution in [0.25, 0.3) is 0 Å². The number of nitrogens with one attached hydrogen (secondary N) is 2. The maximum Gasteiger partial charge on any atom is 0.319 e. The van der Waals surface area contributed by atoms with Crippen molar-refractivity contribution >= 4 is 11.7 Å². The van der Waals surface area contributed by atoms with E-state index in [1.807, 2.05) is 12.1 Å². The lowest BCUT2D eigenvalue weighted by Gasteiger charge is -2.32. The number of benzene rings is 2. The van der Waals surface area contributed by atoms with Gasteiger partial charge in [-0.3, -0.25) is 4.90 Å². The van der Waals surface area contributed by atoms with Crippen LogP contribution in [-0.4, -0.2) is 44.3 Å². The SMILES string of the molecule is COc1cccc(OC)c1NC(=O)NC1CCN(Cc2ccccc2)CC1. The Hall–Kier alpha value is -2.73. The Morgan fingerprint density at radius 3 is 2.22 bits per heavy atom. The summed E-state index contributed by atoms with van der Waals surface area (Å²) in [5.41, 5.74) is 1.87. The van der Waals surface area contributed by atoms with Crippen molar-refractivity contribution in [3.05, 3.63) is 54.1 Å². The van der Waals surface area contributed by atoms with Crippen LogP contribution in [0.3, 0.4) is 0 Å². The lowest BCUT2D eigenvalue weighted by Crippen LogP contribution is -2.45. The molecule has 2 N–H and O–H groups in total. The van der Waals surface area contributed by atoms with Crippen molar-refractivity contribution in [3.8, 4) is 11.5 Å². The number of hydrogen-bond acceptors (Lipinski definition) is 4. The van der Waals surface area contributed by atoms with Crippen LogP contribution in [0.15, 0.2) is 48.5 Å². The number of methoxy groups -OCH3 is 2. The first-order valence-corrected chi connectivity index (χ1v) is 9.24. The van der Waals surface area contributed by atoms with Gasteiger partial charge in [0.2, 0.25) is 0 Å². The van der Waals surface area contributed by atoms with Gasteiger partial charge in [-0.05, 0) is 30.5 Å². The summed E-state index contributed by atoms with van der Waals surface area (Å²) in [7, 11) is 3.14. The van der Waals surface area contributed by atoms with Crippen LogP contribution in [0.5, 0.6) is 11.5 Å². The first-order valence-electron chi connectivity index (χ1n) is 9.24. The average Bonchev–Trinajstić information content (AvgIpc) is 2.70. The molecule has 1 saturated heterocycles. The van der Waals surface area contributed by atoms with Crippen LogP contribution in [0, 0.1) is 0 Å². The Balaban J connectivity index is 1.50. The van der Waals surface area contributed by atoms with Crippen LogP contribution in [-0.2, 0) is 6.54 Å². The highest BCUT2D eigenvalue weighted by Crippen LogP contribution is 2.34. The third-order valence-corrected chi connectivity index (χ3v) is 4.84. The standard InChI is InChI=1S/C21H27N3O3/c1-26-18-9-6-10-19(27-2)20(18)23-21(25)22-17-11-13-24(14-12-17)15-16-7-4-3-5-8-16/h3-10,17H,11-15H2,1-2H3,(H2,22,23,25). The number of carbonyl (C=O) groups is 1. The number of amides is 2. The molecule has 6 heteroatoms. The Kier molecular flexibility index (Phi) is 6.54. The molecule has 1 heterocycles. The fourth-order valence-electron chi connectivity index (χ4n) is 3.39. The van der Waals surface area contributed by atoms with E-state index in [1.165, 1.54) is 5.56 Å². The van der Waals surface area contributed by atoms with Gasteiger partial charge < -0.3 is 20.1 Å². The molecule has 0 bridgehead atoms. The van der Waals surface area contributed by atoms with Gasteiger partial charge in [0.25, 0.3) is 0 Å². The van der Waals surface area contributed by atoms with Crippen LogP contribution in [0.1, 0.15) is 18.4 Å². The minimum atomic E-state index is -0.237. The smallest absolute Gasteiger partial charge is 0.319 e. The van der Waals surface area contributed by atoms with Crippen LogP contribution in [0.4, 0.5) is 10.5 Å². The molecule has 0 saturated carbocycles.